The minimum absolute atomic E-state index is 0.0155. The van der Waals surface area contributed by atoms with Crippen LogP contribution in [0.3, 0.4) is 0 Å². The average molecular weight is 330 g/mol. The molecule has 7 heteroatoms. The first-order valence-electron chi connectivity index (χ1n) is 8.18. The molecule has 1 aliphatic rings. The van der Waals surface area contributed by atoms with Crippen molar-refractivity contribution < 1.29 is 13.5 Å². The summed E-state index contributed by atoms with van der Waals surface area (Å²) in [7, 11) is 0. The highest BCUT2D eigenvalue weighted by atomic mass is 19.1. The highest BCUT2D eigenvalue weighted by molar-refractivity contribution is 5.74. The van der Waals surface area contributed by atoms with Gasteiger partial charge in [-0.3, -0.25) is 4.68 Å². The predicted molar refractivity (Wildman–Crippen MR) is 87.2 cm³/mol. The molecule has 6 nitrogen and oxygen atoms in total. The maximum atomic E-state index is 13.2. The van der Waals surface area contributed by atoms with Crippen LogP contribution in [0.25, 0.3) is 11.1 Å². The Labute approximate surface area is 138 Å². The van der Waals surface area contributed by atoms with Gasteiger partial charge in [-0.25, -0.2) is 4.39 Å². The molecule has 2 aromatic heterocycles. The average Bonchev–Trinajstić information content (AvgIpc) is 3.30. The van der Waals surface area contributed by atoms with E-state index >= 15 is 0 Å². The van der Waals surface area contributed by atoms with Crippen LogP contribution in [0.1, 0.15) is 25.1 Å². The van der Waals surface area contributed by atoms with Gasteiger partial charge < -0.3 is 14.5 Å². The van der Waals surface area contributed by atoms with Crippen molar-refractivity contribution in [3.8, 4) is 0 Å². The molecule has 1 aromatic carbocycles. The van der Waals surface area contributed by atoms with E-state index in [1.165, 1.54) is 12.1 Å². The van der Waals surface area contributed by atoms with E-state index in [0.29, 0.717) is 29.6 Å². The lowest BCUT2D eigenvalue weighted by Crippen LogP contribution is -2.20. The Morgan fingerprint density at radius 2 is 2.29 bits per heavy atom. The minimum Gasteiger partial charge on any atom is -0.424 e. The van der Waals surface area contributed by atoms with Gasteiger partial charge in [-0.2, -0.15) is 10.1 Å². The van der Waals surface area contributed by atoms with E-state index < -0.39 is 0 Å². The van der Waals surface area contributed by atoms with Crippen LogP contribution in [-0.2, 0) is 11.3 Å². The molecule has 3 heterocycles. The van der Waals surface area contributed by atoms with Crippen LogP contribution < -0.4 is 5.32 Å². The van der Waals surface area contributed by atoms with E-state index in [1.54, 1.807) is 12.3 Å². The zero-order valence-electron chi connectivity index (χ0n) is 13.4. The Balaban J connectivity index is 1.47. The fraction of sp³-hybridized carbons (Fsp3) is 0.412. The highest BCUT2D eigenvalue weighted by Crippen LogP contribution is 2.34. The summed E-state index contributed by atoms with van der Waals surface area (Å²) in [5.41, 5.74) is 2.18. The van der Waals surface area contributed by atoms with E-state index in [1.807, 2.05) is 10.7 Å². The number of aryl methyl sites for hydroxylation is 1. The third-order valence-electron chi connectivity index (χ3n) is 4.42. The second kappa shape index (κ2) is 6.24. The van der Waals surface area contributed by atoms with Crippen LogP contribution in [0, 0.1) is 11.7 Å². The van der Waals surface area contributed by atoms with E-state index in [9.17, 15) is 4.39 Å². The molecule has 3 aromatic rings. The molecule has 1 aliphatic heterocycles. The van der Waals surface area contributed by atoms with Crippen LogP contribution in [-0.4, -0.2) is 27.9 Å². The van der Waals surface area contributed by atoms with Gasteiger partial charge in [0.25, 0.3) is 6.01 Å². The summed E-state index contributed by atoms with van der Waals surface area (Å²) < 4.78 is 26.7. The number of ether oxygens (including phenoxy) is 1. The Kier molecular flexibility index (Phi) is 3.93. The van der Waals surface area contributed by atoms with Crippen molar-refractivity contribution in [1.82, 2.24) is 14.8 Å². The largest absolute Gasteiger partial charge is 0.424 e. The molecule has 0 saturated carbocycles. The third-order valence-corrected chi connectivity index (χ3v) is 4.42. The molecule has 2 atom stereocenters. The quantitative estimate of drug-likeness (QED) is 0.777. The van der Waals surface area contributed by atoms with E-state index in [4.69, 9.17) is 9.15 Å². The molecule has 1 saturated heterocycles. The number of rotatable bonds is 5. The zero-order chi connectivity index (χ0) is 16.5. The molecule has 24 heavy (non-hydrogen) atoms. The summed E-state index contributed by atoms with van der Waals surface area (Å²) in [5, 5.41) is 7.53. The molecular weight excluding hydrogens is 311 g/mol. The summed E-state index contributed by atoms with van der Waals surface area (Å²) in [5.74, 6) is -0.0156. The van der Waals surface area contributed by atoms with Crippen LogP contribution in [0.4, 0.5) is 10.4 Å². The van der Waals surface area contributed by atoms with Crippen molar-refractivity contribution in [1.29, 1.82) is 0 Å². The Bertz CT molecular complexity index is 844. The summed E-state index contributed by atoms with van der Waals surface area (Å²) in [6.07, 6.45) is 2.78. The van der Waals surface area contributed by atoms with Crippen molar-refractivity contribution in [2.45, 2.75) is 26.0 Å². The second-order valence-corrected chi connectivity index (χ2v) is 5.92. The van der Waals surface area contributed by atoms with Crippen LogP contribution >= 0.6 is 0 Å². The summed E-state index contributed by atoms with van der Waals surface area (Å²) in [4.78, 5) is 4.28. The van der Waals surface area contributed by atoms with Gasteiger partial charge in [0.05, 0.1) is 5.69 Å². The van der Waals surface area contributed by atoms with Crippen molar-refractivity contribution >= 4 is 17.1 Å². The number of hydrogen-bond donors (Lipinski definition) is 1. The molecular formula is C17H19FN4O2. The van der Waals surface area contributed by atoms with Gasteiger partial charge in [-0.15, -0.1) is 0 Å². The Morgan fingerprint density at radius 3 is 3.17 bits per heavy atom. The first-order chi connectivity index (χ1) is 11.7. The smallest absolute Gasteiger partial charge is 0.295 e. The predicted octanol–water partition coefficient (Wildman–Crippen LogP) is 3.37. The number of anilines is 1. The molecule has 4 rings (SSSR count). The molecule has 0 amide bonds. The SMILES string of the molecule is CCn1nccc1[C@@H]1OCC[C@H]1CNc1nc2cc(F)ccc2o1. The molecule has 126 valence electrons. The topological polar surface area (TPSA) is 65.1 Å². The number of nitrogens with one attached hydrogen (secondary N) is 1. The Hall–Kier alpha value is -2.41. The van der Waals surface area contributed by atoms with Crippen LogP contribution in [0.15, 0.2) is 34.9 Å². The maximum absolute atomic E-state index is 13.2. The maximum Gasteiger partial charge on any atom is 0.295 e. The third kappa shape index (κ3) is 2.75. The molecule has 1 N–H and O–H groups in total. The zero-order valence-corrected chi connectivity index (χ0v) is 13.4. The van der Waals surface area contributed by atoms with Crippen LogP contribution in [0.2, 0.25) is 0 Å². The number of aromatic nitrogens is 3. The number of oxazole rings is 1. The molecule has 0 radical (unpaired) electrons. The van der Waals surface area contributed by atoms with Gasteiger partial charge in [0.2, 0.25) is 0 Å². The lowest BCUT2D eigenvalue weighted by molar-refractivity contribution is 0.0857. The van der Waals surface area contributed by atoms with Gasteiger partial charge >= 0.3 is 0 Å². The summed E-state index contributed by atoms with van der Waals surface area (Å²) >= 11 is 0. The molecule has 0 spiro atoms. The number of fused-ring (bicyclic) bond motifs is 1. The fourth-order valence-corrected chi connectivity index (χ4v) is 3.21. The number of benzene rings is 1. The number of hydrogen-bond acceptors (Lipinski definition) is 5. The Morgan fingerprint density at radius 1 is 1.38 bits per heavy atom. The number of halogens is 1. The first-order valence-corrected chi connectivity index (χ1v) is 8.18. The van der Waals surface area contributed by atoms with E-state index in [0.717, 1.165) is 25.3 Å². The molecule has 0 bridgehead atoms. The monoisotopic (exact) mass is 330 g/mol. The van der Waals surface area contributed by atoms with Gasteiger partial charge in [0, 0.05) is 37.9 Å². The number of nitrogens with zero attached hydrogens (tertiary/aromatic N) is 3. The van der Waals surface area contributed by atoms with Crippen LogP contribution in [0.5, 0.6) is 0 Å². The fourth-order valence-electron chi connectivity index (χ4n) is 3.21. The van der Waals surface area contributed by atoms with Gasteiger partial charge in [-0.05, 0) is 31.5 Å². The highest BCUT2D eigenvalue weighted by Gasteiger charge is 2.32. The standard InChI is InChI=1S/C17H19FN4O2/c1-2-22-14(5-7-20-22)16-11(6-8-23-16)10-19-17-21-13-9-12(18)3-4-15(13)24-17/h3-5,7,9,11,16H,2,6,8,10H2,1H3,(H,19,21)/t11-,16+/m0/s1. The van der Waals surface area contributed by atoms with E-state index in [2.05, 4.69) is 22.3 Å². The second-order valence-electron chi connectivity index (χ2n) is 5.92. The minimum atomic E-state index is -0.320. The summed E-state index contributed by atoms with van der Waals surface area (Å²) in [6.45, 7) is 4.29. The molecule has 0 unspecified atom stereocenters. The van der Waals surface area contributed by atoms with E-state index in [-0.39, 0.29) is 11.9 Å². The van der Waals surface area contributed by atoms with Gasteiger partial charge in [0.15, 0.2) is 5.58 Å². The lowest BCUT2D eigenvalue weighted by atomic mass is 9.99. The van der Waals surface area contributed by atoms with Gasteiger partial charge in [0.1, 0.15) is 17.4 Å². The van der Waals surface area contributed by atoms with Crippen molar-refractivity contribution in [2.24, 2.45) is 5.92 Å². The summed E-state index contributed by atoms with van der Waals surface area (Å²) in [6, 6.07) is 6.74. The van der Waals surface area contributed by atoms with Crippen molar-refractivity contribution in [2.75, 3.05) is 18.5 Å². The normalized spacial score (nSPS) is 20.8. The van der Waals surface area contributed by atoms with Crippen molar-refractivity contribution in [3.63, 3.8) is 0 Å². The van der Waals surface area contributed by atoms with Crippen molar-refractivity contribution in [3.05, 3.63) is 42.0 Å². The molecule has 0 aliphatic carbocycles. The first kappa shape index (κ1) is 15.1. The van der Waals surface area contributed by atoms with Gasteiger partial charge in [-0.1, -0.05) is 0 Å². The molecule has 1 fully saturated rings. The lowest BCUT2D eigenvalue weighted by Gasteiger charge is -2.19.